The van der Waals surface area contributed by atoms with Gasteiger partial charge in [0, 0.05) is 31.7 Å². The van der Waals surface area contributed by atoms with Gasteiger partial charge in [-0.2, -0.15) is 0 Å². The highest BCUT2D eigenvalue weighted by Crippen LogP contribution is 2.29. The Morgan fingerprint density at radius 1 is 1.14 bits per heavy atom. The van der Waals surface area contributed by atoms with Gasteiger partial charge in [-0.05, 0) is 48.9 Å². The molecule has 2 aliphatic rings. The minimum atomic E-state index is -0.961. The minimum Gasteiger partial charge on any atom is -0.394 e. The van der Waals surface area contributed by atoms with Crippen molar-refractivity contribution in [3.8, 4) is 0 Å². The fraction of sp³-hybridized carbons (Fsp3) is 0.462. The number of halogens is 3. The molecule has 2 amide bonds. The van der Waals surface area contributed by atoms with Crippen LogP contribution < -0.4 is 11.1 Å². The third-order valence-electron chi connectivity index (χ3n) is 7.02. The van der Waals surface area contributed by atoms with Crippen LogP contribution in [0.5, 0.6) is 0 Å². The van der Waals surface area contributed by atoms with Crippen LogP contribution in [0.15, 0.2) is 48.5 Å². The Kier molecular flexibility index (Phi) is 10.4. The van der Waals surface area contributed by atoms with E-state index in [2.05, 4.69) is 22.3 Å². The van der Waals surface area contributed by atoms with Gasteiger partial charge in [-0.15, -0.1) is 12.4 Å². The molecule has 0 bridgehead atoms. The molecule has 7 nitrogen and oxygen atoms in total. The van der Waals surface area contributed by atoms with E-state index in [4.69, 9.17) is 28.9 Å². The first-order valence-electron chi connectivity index (χ1n) is 12.1. The van der Waals surface area contributed by atoms with Crippen molar-refractivity contribution in [2.45, 2.75) is 56.4 Å². The summed E-state index contributed by atoms with van der Waals surface area (Å²) in [6, 6.07) is 14.2. The number of carbonyl (C=O) groups excluding carboxylic acids is 2. The summed E-state index contributed by atoms with van der Waals surface area (Å²) in [5, 5.41) is 13.8. The predicted molar refractivity (Wildman–Crippen MR) is 144 cm³/mol. The smallest absolute Gasteiger partial charge is 0.245 e. The standard InChI is InChI=1S/C26H32Cl2N4O3.ClH/c27-21-9-7-18(12-22(21)28)14-30-25(34)24(16-33)31-11-10-20(8-6-17-4-2-1-3-5-17)32-15-19(29)13-23(32)26(31)35;/h1-5,7,9,12,19-20,23-24,33H,6,8,10-11,13-16,29H2,(H,30,34);1H/t19-,20?,23+,24?;/m1./s1. The summed E-state index contributed by atoms with van der Waals surface area (Å²) in [6.45, 7) is 0.837. The number of aliphatic hydroxyl groups excluding tert-OH is 1. The lowest BCUT2D eigenvalue weighted by Gasteiger charge is -2.31. The number of nitrogens with zero attached hydrogens (tertiary/aromatic N) is 2. The van der Waals surface area contributed by atoms with Gasteiger partial charge in [0.15, 0.2) is 0 Å². The summed E-state index contributed by atoms with van der Waals surface area (Å²) in [7, 11) is 0. The van der Waals surface area contributed by atoms with E-state index in [0.29, 0.717) is 29.6 Å². The van der Waals surface area contributed by atoms with Crippen molar-refractivity contribution in [2.75, 3.05) is 19.7 Å². The predicted octanol–water partition coefficient (Wildman–Crippen LogP) is 3.03. The van der Waals surface area contributed by atoms with Gasteiger partial charge in [-0.25, -0.2) is 0 Å². The van der Waals surface area contributed by atoms with Gasteiger partial charge in [0.25, 0.3) is 0 Å². The van der Waals surface area contributed by atoms with Crippen LogP contribution in [-0.4, -0.2) is 70.6 Å². The molecular weight excluding hydrogens is 523 g/mol. The lowest BCUT2D eigenvalue weighted by Crippen LogP contribution is -2.54. The SMILES string of the molecule is Cl.N[C@@H]1C[C@H]2C(=O)N(C(CO)C(=O)NCc3ccc(Cl)c(Cl)c3)CCC(CCc3ccccc3)N2C1. The van der Waals surface area contributed by atoms with Crippen molar-refractivity contribution < 1.29 is 14.7 Å². The largest absolute Gasteiger partial charge is 0.394 e. The zero-order chi connectivity index (χ0) is 24.9. The Labute approximate surface area is 228 Å². The van der Waals surface area contributed by atoms with Crippen LogP contribution in [0.4, 0.5) is 0 Å². The number of nitrogens with one attached hydrogen (secondary N) is 1. The lowest BCUT2D eigenvalue weighted by molar-refractivity contribution is -0.144. The van der Waals surface area contributed by atoms with Crippen LogP contribution in [-0.2, 0) is 22.6 Å². The summed E-state index contributed by atoms with van der Waals surface area (Å²) in [4.78, 5) is 30.4. The van der Waals surface area contributed by atoms with E-state index < -0.39 is 18.6 Å². The van der Waals surface area contributed by atoms with Gasteiger partial charge in [0.2, 0.25) is 11.8 Å². The summed E-state index contributed by atoms with van der Waals surface area (Å²) >= 11 is 12.0. The zero-order valence-corrected chi connectivity index (χ0v) is 22.3. The molecule has 2 unspecified atom stereocenters. The van der Waals surface area contributed by atoms with Crippen LogP contribution in [0.3, 0.4) is 0 Å². The van der Waals surface area contributed by atoms with Crippen molar-refractivity contribution in [1.29, 1.82) is 0 Å². The Morgan fingerprint density at radius 3 is 2.58 bits per heavy atom. The molecule has 2 saturated heterocycles. The molecule has 10 heteroatoms. The Morgan fingerprint density at radius 2 is 1.89 bits per heavy atom. The average molecular weight is 556 g/mol. The minimum absolute atomic E-state index is 0. The fourth-order valence-electron chi connectivity index (χ4n) is 5.17. The first-order valence-corrected chi connectivity index (χ1v) is 12.8. The van der Waals surface area contributed by atoms with E-state index in [1.165, 1.54) is 5.56 Å². The highest BCUT2D eigenvalue weighted by molar-refractivity contribution is 6.42. The summed E-state index contributed by atoms with van der Waals surface area (Å²) in [6.07, 6.45) is 3.09. The maximum Gasteiger partial charge on any atom is 0.245 e. The van der Waals surface area contributed by atoms with Crippen molar-refractivity contribution >= 4 is 47.4 Å². The second-order valence-corrected chi connectivity index (χ2v) is 10.2. The Bertz CT molecular complexity index is 1040. The second kappa shape index (κ2) is 13.1. The molecule has 2 aromatic carbocycles. The second-order valence-electron chi connectivity index (χ2n) is 9.37. The first kappa shape index (κ1) is 28.7. The maximum absolute atomic E-state index is 13.6. The van der Waals surface area contributed by atoms with Gasteiger partial charge < -0.3 is 21.1 Å². The van der Waals surface area contributed by atoms with E-state index in [0.717, 1.165) is 24.8 Å². The zero-order valence-electron chi connectivity index (χ0n) is 20.0. The molecule has 2 heterocycles. The van der Waals surface area contributed by atoms with E-state index in [-0.39, 0.29) is 43.0 Å². The van der Waals surface area contributed by atoms with Crippen molar-refractivity contribution in [3.05, 3.63) is 69.7 Å². The number of hydrogen-bond acceptors (Lipinski definition) is 5. The Hall–Kier alpha value is -1.87. The van der Waals surface area contributed by atoms with Gasteiger partial charge >= 0.3 is 0 Å². The molecule has 196 valence electrons. The van der Waals surface area contributed by atoms with Gasteiger partial charge in [0.1, 0.15) is 6.04 Å². The average Bonchev–Trinajstić information content (AvgIpc) is 3.20. The number of aliphatic hydroxyl groups is 1. The van der Waals surface area contributed by atoms with Crippen LogP contribution in [0.2, 0.25) is 10.0 Å². The molecular formula is C26H33Cl3N4O3. The summed E-state index contributed by atoms with van der Waals surface area (Å²) in [5.74, 6) is -0.535. The van der Waals surface area contributed by atoms with Crippen molar-refractivity contribution in [1.82, 2.24) is 15.1 Å². The topological polar surface area (TPSA) is 98.9 Å². The number of aryl methyl sites for hydroxylation is 1. The molecule has 0 aliphatic carbocycles. The van der Waals surface area contributed by atoms with E-state index >= 15 is 0 Å². The number of nitrogens with two attached hydrogens (primary N) is 1. The van der Waals surface area contributed by atoms with Crippen LogP contribution in [0.25, 0.3) is 0 Å². The fourth-order valence-corrected chi connectivity index (χ4v) is 5.49. The van der Waals surface area contributed by atoms with Gasteiger partial charge in [-0.3, -0.25) is 14.5 Å². The molecule has 2 fully saturated rings. The third-order valence-corrected chi connectivity index (χ3v) is 7.76. The van der Waals surface area contributed by atoms with Crippen molar-refractivity contribution in [2.24, 2.45) is 5.73 Å². The number of rotatable bonds is 8. The number of amides is 2. The normalized spacial score (nSPS) is 22.9. The number of carbonyl (C=O) groups is 2. The molecule has 2 aromatic rings. The highest BCUT2D eigenvalue weighted by Gasteiger charge is 2.45. The van der Waals surface area contributed by atoms with E-state index in [9.17, 15) is 14.7 Å². The van der Waals surface area contributed by atoms with Gasteiger partial charge in [-0.1, -0.05) is 59.6 Å². The highest BCUT2D eigenvalue weighted by atomic mass is 35.5. The third kappa shape index (κ3) is 6.71. The molecule has 0 spiro atoms. The van der Waals surface area contributed by atoms with Crippen molar-refractivity contribution in [3.63, 3.8) is 0 Å². The molecule has 4 atom stereocenters. The Balaban J connectivity index is 0.00000361. The van der Waals surface area contributed by atoms with Crippen LogP contribution in [0.1, 0.15) is 30.4 Å². The molecule has 4 N–H and O–H groups in total. The number of benzene rings is 2. The van der Waals surface area contributed by atoms with E-state index in [1.807, 2.05) is 18.2 Å². The molecule has 0 aromatic heterocycles. The maximum atomic E-state index is 13.6. The molecule has 2 aliphatic heterocycles. The van der Waals surface area contributed by atoms with Crippen LogP contribution >= 0.6 is 35.6 Å². The molecule has 0 radical (unpaired) electrons. The molecule has 4 rings (SSSR count). The summed E-state index contributed by atoms with van der Waals surface area (Å²) in [5.41, 5.74) is 8.30. The first-order chi connectivity index (χ1) is 16.9. The van der Waals surface area contributed by atoms with E-state index in [1.54, 1.807) is 23.1 Å². The quantitative estimate of drug-likeness (QED) is 0.465. The molecule has 36 heavy (non-hydrogen) atoms. The monoisotopic (exact) mass is 554 g/mol. The van der Waals surface area contributed by atoms with Crippen LogP contribution in [0, 0.1) is 0 Å². The van der Waals surface area contributed by atoms with Gasteiger partial charge in [0.05, 0.1) is 22.7 Å². The number of hydrogen-bond donors (Lipinski definition) is 3. The molecule has 0 saturated carbocycles. The lowest BCUT2D eigenvalue weighted by atomic mass is 10.0. The number of fused-ring (bicyclic) bond motifs is 1. The summed E-state index contributed by atoms with van der Waals surface area (Å²) < 4.78 is 0.